The zero-order valence-corrected chi connectivity index (χ0v) is 20.1. The molecule has 0 unspecified atom stereocenters. The average Bonchev–Trinajstić information content (AvgIpc) is 2.76. The first-order valence-electron chi connectivity index (χ1n) is 10.5. The number of carbonyl (C=O) groups is 1. The van der Waals surface area contributed by atoms with Crippen molar-refractivity contribution in [1.29, 1.82) is 0 Å². The van der Waals surface area contributed by atoms with Gasteiger partial charge in [-0.05, 0) is 80.1 Å². The van der Waals surface area contributed by atoms with Crippen LogP contribution in [-0.4, -0.2) is 56.8 Å². The second kappa shape index (κ2) is 9.10. The van der Waals surface area contributed by atoms with E-state index in [1.807, 2.05) is 46.8 Å². The highest BCUT2D eigenvalue weighted by Crippen LogP contribution is 2.32. The number of hydrogen-bond acceptors (Lipinski definition) is 4. The molecule has 0 N–H and O–H groups in total. The Hall–Kier alpha value is -2.22. The van der Waals surface area contributed by atoms with Gasteiger partial charge >= 0.3 is 0 Å². The topological polar surface area (TPSA) is 66.9 Å². The van der Waals surface area contributed by atoms with Gasteiger partial charge < -0.3 is 9.64 Å². The molecule has 2 aromatic carbocycles. The van der Waals surface area contributed by atoms with E-state index in [0.717, 1.165) is 33.4 Å². The smallest absolute Gasteiger partial charge is 0.253 e. The highest BCUT2D eigenvalue weighted by Gasteiger charge is 2.33. The van der Waals surface area contributed by atoms with Crippen LogP contribution in [0.5, 0.6) is 0 Å². The van der Waals surface area contributed by atoms with Crippen molar-refractivity contribution in [2.24, 2.45) is 0 Å². The lowest BCUT2D eigenvalue weighted by molar-refractivity contribution is 0.0697. The van der Waals surface area contributed by atoms with Crippen molar-refractivity contribution >= 4 is 15.9 Å². The Balaban J connectivity index is 1.77. The summed E-state index contributed by atoms with van der Waals surface area (Å²) in [5.74, 6) is -0.0737. The van der Waals surface area contributed by atoms with Crippen molar-refractivity contribution in [3.8, 4) is 0 Å². The number of methoxy groups -OCH3 is 1. The minimum atomic E-state index is -3.63. The molecule has 1 saturated heterocycles. The zero-order chi connectivity index (χ0) is 22.9. The number of nitrogens with zero attached hydrogens (tertiary/aromatic N) is 2. The van der Waals surface area contributed by atoms with Crippen LogP contribution in [0.25, 0.3) is 0 Å². The zero-order valence-electron chi connectivity index (χ0n) is 19.3. The van der Waals surface area contributed by atoms with Crippen LogP contribution in [0.2, 0.25) is 0 Å². The van der Waals surface area contributed by atoms with Gasteiger partial charge in [0.1, 0.15) is 0 Å². The largest absolute Gasteiger partial charge is 0.380 e. The summed E-state index contributed by atoms with van der Waals surface area (Å²) in [6.07, 6.45) is 0. The number of benzene rings is 2. The van der Waals surface area contributed by atoms with Crippen molar-refractivity contribution in [2.75, 3.05) is 33.3 Å². The highest BCUT2D eigenvalue weighted by molar-refractivity contribution is 7.89. The summed E-state index contributed by atoms with van der Waals surface area (Å²) in [6.45, 7) is 11.6. The predicted molar refractivity (Wildman–Crippen MR) is 122 cm³/mol. The maximum Gasteiger partial charge on any atom is 0.253 e. The maximum absolute atomic E-state index is 13.5. The van der Waals surface area contributed by atoms with Gasteiger partial charge in [0, 0.05) is 38.9 Å². The van der Waals surface area contributed by atoms with Gasteiger partial charge in [-0.15, -0.1) is 0 Å². The van der Waals surface area contributed by atoms with Crippen LogP contribution in [0, 0.1) is 34.6 Å². The minimum Gasteiger partial charge on any atom is -0.380 e. The number of carbonyl (C=O) groups excluding carboxylic acids is 1. The van der Waals surface area contributed by atoms with Gasteiger partial charge in [-0.2, -0.15) is 4.31 Å². The molecule has 168 valence electrons. The van der Waals surface area contributed by atoms with Crippen LogP contribution < -0.4 is 0 Å². The van der Waals surface area contributed by atoms with Crippen molar-refractivity contribution in [2.45, 2.75) is 46.1 Å². The van der Waals surface area contributed by atoms with Crippen molar-refractivity contribution < 1.29 is 17.9 Å². The SMILES string of the molecule is COCc1ccc(C(=O)N2CCN(S(=O)(=O)c3c(C)c(C)c(C)c(C)c3C)CC2)cc1. The lowest BCUT2D eigenvalue weighted by atomic mass is 9.95. The predicted octanol–water partition coefficient (Wildman–Crippen LogP) is 3.52. The van der Waals surface area contributed by atoms with E-state index in [0.29, 0.717) is 43.2 Å². The Labute approximate surface area is 185 Å². The molecule has 1 amide bonds. The average molecular weight is 445 g/mol. The highest BCUT2D eigenvalue weighted by atomic mass is 32.2. The van der Waals surface area contributed by atoms with Gasteiger partial charge in [0.25, 0.3) is 5.91 Å². The molecule has 0 bridgehead atoms. The molecule has 0 aromatic heterocycles. The molecule has 2 aromatic rings. The van der Waals surface area contributed by atoms with E-state index in [1.165, 1.54) is 4.31 Å². The Morgan fingerprint density at radius 1 is 0.839 bits per heavy atom. The maximum atomic E-state index is 13.5. The van der Waals surface area contributed by atoms with Crippen LogP contribution in [0.1, 0.15) is 43.7 Å². The van der Waals surface area contributed by atoms with E-state index >= 15 is 0 Å². The molecule has 0 aliphatic carbocycles. The number of piperazine rings is 1. The van der Waals surface area contributed by atoms with Gasteiger partial charge in [-0.3, -0.25) is 4.79 Å². The molecule has 0 spiro atoms. The van der Waals surface area contributed by atoms with Crippen LogP contribution >= 0.6 is 0 Å². The normalized spacial score (nSPS) is 15.4. The fourth-order valence-electron chi connectivity index (χ4n) is 4.21. The van der Waals surface area contributed by atoms with E-state index in [9.17, 15) is 13.2 Å². The summed E-state index contributed by atoms with van der Waals surface area (Å²) in [5.41, 5.74) is 6.42. The number of hydrogen-bond donors (Lipinski definition) is 0. The molecule has 1 fully saturated rings. The van der Waals surface area contributed by atoms with Gasteiger partial charge in [0.2, 0.25) is 10.0 Å². The molecule has 1 heterocycles. The third kappa shape index (κ3) is 4.40. The summed E-state index contributed by atoms with van der Waals surface area (Å²) in [5, 5.41) is 0. The van der Waals surface area contributed by atoms with Crippen LogP contribution in [0.15, 0.2) is 29.2 Å². The van der Waals surface area contributed by atoms with E-state index in [1.54, 1.807) is 24.1 Å². The second-order valence-corrected chi connectivity index (χ2v) is 10.2. The molecular weight excluding hydrogens is 412 g/mol. The summed E-state index contributed by atoms with van der Waals surface area (Å²) in [7, 11) is -2.00. The van der Waals surface area contributed by atoms with Crippen LogP contribution in [-0.2, 0) is 21.4 Å². The van der Waals surface area contributed by atoms with Crippen molar-refractivity contribution in [1.82, 2.24) is 9.21 Å². The van der Waals surface area contributed by atoms with Gasteiger partial charge in [-0.25, -0.2) is 8.42 Å². The molecule has 0 atom stereocenters. The number of amides is 1. The van der Waals surface area contributed by atoms with E-state index < -0.39 is 10.0 Å². The van der Waals surface area contributed by atoms with Gasteiger partial charge in [0.05, 0.1) is 11.5 Å². The first-order chi connectivity index (χ1) is 14.6. The molecule has 0 saturated carbocycles. The van der Waals surface area contributed by atoms with E-state index in [-0.39, 0.29) is 5.91 Å². The molecule has 7 heteroatoms. The fourth-order valence-corrected chi connectivity index (χ4v) is 6.19. The summed E-state index contributed by atoms with van der Waals surface area (Å²) < 4.78 is 33.6. The van der Waals surface area contributed by atoms with Crippen LogP contribution in [0.4, 0.5) is 0 Å². The van der Waals surface area contributed by atoms with Crippen molar-refractivity contribution in [3.05, 3.63) is 63.2 Å². The molecule has 3 rings (SSSR count). The van der Waals surface area contributed by atoms with Gasteiger partial charge in [-0.1, -0.05) is 12.1 Å². The quantitative estimate of drug-likeness (QED) is 0.708. The minimum absolute atomic E-state index is 0.0737. The molecular formula is C24H32N2O4S. The lowest BCUT2D eigenvalue weighted by Crippen LogP contribution is -2.50. The Morgan fingerprint density at radius 2 is 1.32 bits per heavy atom. The third-order valence-electron chi connectivity index (χ3n) is 6.57. The fraction of sp³-hybridized carbons (Fsp3) is 0.458. The second-order valence-electron chi connectivity index (χ2n) is 8.28. The molecule has 0 radical (unpaired) electrons. The van der Waals surface area contributed by atoms with Crippen molar-refractivity contribution in [3.63, 3.8) is 0 Å². The number of rotatable bonds is 5. The Morgan fingerprint density at radius 3 is 1.81 bits per heavy atom. The molecule has 6 nitrogen and oxygen atoms in total. The first-order valence-corrected chi connectivity index (χ1v) is 12.0. The summed E-state index contributed by atoms with van der Waals surface area (Å²) in [4.78, 5) is 15.0. The summed E-state index contributed by atoms with van der Waals surface area (Å²) >= 11 is 0. The monoisotopic (exact) mass is 444 g/mol. The first kappa shape index (κ1) is 23.4. The Kier molecular flexibility index (Phi) is 6.88. The molecule has 1 aliphatic heterocycles. The van der Waals surface area contributed by atoms with E-state index in [2.05, 4.69) is 0 Å². The molecule has 31 heavy (non-hydrogen) atoms. The molecule has 1 aliphatic rings. The van der Waals surface area contributed by atoms with E-state index in [4.69, 9.17) is 4.74 Å². The van der Waals surface area contributed by atoms with Gasteiger partial charge in [0.15, 0.2) is 0 Å². The third-order valence-corrected chi connectivity index (χ3v) is 8.74. The standard InChI is InChI=1S/C24H32N2O4S/c1-16-17(2)19(4)23(20(5)18(16)3)31(28,29)26-13-11-25(12-14-26)24(27)22-9-7-21(8-10-22)15-30-6/h7-10H,11-15H2,1-6H3. The van der Waals surface area contributed by atoms with Crippen LogP contribution in [0.3, 0.4) is 0 Å². The lowest BCUT2D eigenvalue weighted by Gasteiger charge is -2.35. The Bertz CT molecular complexity index is 1050. The number of sulfonamides is 1. The summed E-state index contributed by atoms with van der Waals surface area (Å²) in [6, 6.07) is 7.35. The number of ether oxygens (including phenoxy) is 1.